The van der Waals surface area contributed by atoms with Crippen molar-refractivity contribution in [1.29, 1.82) is 0 Å². The molecule has 0 aliphatic carbocycles. The van der Waals surface area contributed by atoms with Gasteiger partial charge in [-0.2, -0.15) is 0 Å². The smallest absolute Gasteiger partial charge is 0.309 e. The van der Waals surface area contributed by atoms with Crippen molar-refractivity contribution in [2.75, 3.05) is 54.7 Å². The molecular formula is C47H82INO14Si. The highest BCUT2D eigenvalue weighted by Gasteiger charge is 2.50. The first-order valence-corrected chi connectivity index (χ1v) is 27.5. The van der Waals surface area contributed by atoms with E-state index >= 15 is 0 Å². The van der Waals surface area contributed by atoms with Gasteiger partial charge in [-0.15, -0.1) is 0 Å². The van der Waals surface area contributed by atoms with E-state index in [1.165, 1.54) is 0 Å². The van der Waals surface area contributed by atoms with Gasteiger partial charge in [0.05, 0.1) is 55.7 Å². The number of halogens is 1. The Balaban J connectivity index is 1.66. The number of hydrogen-bond acceptors (Lipinski definition) is 15. The minimum absolute atomic E-state index is 0.0501. The van der Waals surface area contributed by atoms with Crippen molar-refractivity contribution < 1.29 is 66.9 Å². The Hall–Kier alpha value is -0.913. The number of aliphatic hydroxyl groups is 2. The van der Waals surface area contributed by atoms with Crippen LogP contribution in [0, 0.1) is 23.7 Å². The summed E-state index contributed by atoms with van der Waals surface area (Å²) in [4.78, 5) is 29.9. The van der Waals surface area contributed by atoms with E-state index in [0.29, 0.717) is 32.7 Å². The van der Waals surface area contributed by atoms with Gasteiger partial charge in [-0.1, -0.05) is 52.3 Å². The van der Waals surface area contributed by atoms with Gasteiger partial charge in [-0.3, -0.25) is 9.59 Å². The number of carbonyl (C=O) groups is 2. The van der Waals surface area contributed by atoms with E-state index in [1.807, 2.05) is 33.8 Å². The average Bonchev–Trinajstić information content (AvgIpc) is 3.26. The molecule has 0 aromatic rings. The zero-order chi connectivity index (χ0) is 47.3. The number of hydrogen-bond donors (Lipinski definition) is 2. The van der Waals surface area contributed by atoms with Gasteiger partial charge in [0.25, 0.3) is 0 Å². The van der Waals surface area contributed by atoms with Crippen molar-refractivity contribution in [3.8, 4) is 0 Å². The number of carbonyl (C=O) groups excluding carboxylic acids is 2. The minimum Gasteiger partial charge on any atom is -0.451 e. The molecule has 64 heavy (non-hydrogen) atoms. The second-order valence-electron chi connectivity index (χ2n) is 18.6. The second-order valence-corrected chi connectivity index (χ2v) is 24.6. The summed E-state index contributed by atoms with van der Waals surface area (Å²) < 4.78 is 63.3. The normalized spacial score (nSPS) is 40.8. The molecule has 4 aliphatic heterocycles. The number of methoxy groups -OCH3 is 2. The Bertz CT molecular complexity index is 1480. The standard InChI is InChI=1S/C47H82INO14Si/c1-13-64(14-2,15-3)63-42-32(8)60-47(44(55-12)43(42)54-11)58-27-34-24-28(4)18-19-35(50)29(5)25-33-20-23-56-21-16-17-22-57-36(26-37(51)61-45(34)48)30(6)41(33)62-46-40(53)38(49(9)10)39(52)31(7)59-46/h18-19,24,29-34,36,38-47,52-53H,13-17,20-23,25-27H2,1-12H3/b19-18+,28-24+/t29-,30+,31?,32?,33+,34-,36-,38?,39-,40?,41-,42?,43?,44?,45+,46?,47-/m1/s1. The van der Waals surface area contributed by atoms with Crippen molar-refractivity contribution in [3.63, 3.8) is 0 Å². The molecule has 4 aliphatic rings. The summed E-state index contributed by atoms with van der Waals surface area (Å²) in [5.74, 6) is -2.04. The van der Waals surface area contributed by atoms with Crippen LogP contribution in [-0.4, -0.2) is 168 Å². The summed E-state index contributed by atoms with van der Waals surface area (Å²) in [6.45, 7) is 17.6. The molecule has 370 valence electrons. The van der Waals surface area contributed by atoms with Crippen LogP contribution in [0.1, 0.15) is 87.5 Å². The molecule has 3 saturated heterocycles. The number of ketones is 1. The maximum Gasteiger partial charge on any atom is 0.309 e. The number of ether oxygens (including phenoxy) is 9. The number of esters is 1. The summed E-state index contributed by atoms with van der Waals surface area (Å²) in [5.41, 5.74) is 0.793. The summed E-state index contributed by atoms with van der Waals surface area (Å²) in [6, 6.07) is 2.30. The summed E-state index contributed by atoms with van der Waals surface area (Å²) in [6.07, 6.45) is 0.129. The first-order chi connectivity index (χ1) is 30.4. The molecule has 2 N–H and O–H groups in total. The topological polar surface area (TPSA) is 170 Å². The number of cyclic esters (lactones) is 1. The number of fused-ring (bicyclic) bond motifs is 3. The Labute approximate surface area is 398 Å². The van der Waals surface area contributed by atoms with E-state index in [4.69, 9.17) is 47.1 Å². The van der Waals surface area contributed by atoms with Crippen LogP contribution in [0.25, 0.3) is 0 Å². The van der Waals surface area contributed by atoms with Crippen molar-refractivity contribution in [2.24, 2.45) is 23.7 Å². The molecule has 0 aromatic heterocycles. The van der Waals surface area contributed by atoms with Gasteiger partial charge < -0.3 is 62.2 Å². The Morgan fingerprint density at radius 2 is 1.50 bits per heavy atom. The lowest BCUT2D eigenvalue weighted by Crippen LogP contribution is -2.63. The van der Waals surface area contributed by atoms with Crippen molar-refractivity contribution in [1.82, 2.24) is 4.90 Å². The lowest BCUT2D eigenvalue weighted by Gasteiger charge is -2.47. The van der Waals surface area contributed by atoms with E-state index in [0.717, 1.165) is 36.5 Å². The van der Waals surface area contributed by atoms with E-state index in [-0.39, 0.29) is 36.9 Å². The molecule has 0 saturated carbocycles. The van der Waals surface area contributed by atoms with Crippen LogP contribution in [-0.2, 0) is 56.6 Å². The molecule has 15 nitrogen and oxygen atoms in total. The minimum atomic E-state index is -2.03. The third kappa shape index (κ3) is 14.8. The second kappa shape index (κ2) is 26.7. The molecule has 4 rings (SSSR count). The lowest BCUT2D eigenvalue weighted by atomic mass is 9.79. The highest BCUT2D eigenvalue weighted by Crippen LogP contribution is 2.37. The Morgan fingerprint density at radius 3 is 2.14 bits per heavy atom. The fourth-order valence-corrected chi connectivity index (χ4v) is 13.3. The van der Waals surface area contributed by atoms with Crippen LogP contribution in [0.3, 0.4) is 0 Å². The molecule has 4 heterocycles. The number of aliphatic hydroxyl groups excluding tert-OH is 2. The maximum absolute atomic E-state index is 14.2. The number of allylic oxidation sites excluding steroid dienone is 3. The SMILES string of the molecule is CC[Si](CC)(CC)OC1C(C)O[C@@H](OC[C@H]2/C=C(C)/C=C/C(=O)[C@H](C)C[C@@H]3CCOCCCCO[C@H](CC(=O)O[C@@H]2I)[C@H](C)[C@H]3OC2OC(C)[C@@H](O)C(N(C)C)C2O)C(OC)C1OC. The number of alkyl halides is 1. The Morgan fingerprint density at radius 1 is 0.844 bits per heavy atom. The number of rotatable bonds is 13. The third-order valence-electron chi connectivity index (χ3n) is 14.0. The molecule has 0 aromatic carbocycles. The number of nitrogens with zero attached hydrogens (tertiary/aromatic N) is 1. The van der Waals surface area contributed by atoms with Gasteiger partial charge in [-0.05, 0) is 113 Å². The molecule has 0 spiro atoms. The van der Waals surface area contributed by atoms with Gasteiger partial charge in [-0.25, -0.2) is 0 Å². The molecular weight excluding hydrogens is 958 g/mol. The van der Waals surface area contributed by atoms with Crippen LogP contribution in [0.2, 0.25) is 18.1 Å². The first kappa shape index (κ1) is 55.7. The van der Waals surface area contributed by atoms with E-state index in [2.05, 4.69) is 43.4 Å². The molecule has 0 amide bonds. The lowest BCUT2D eigenvalue weighted by molar-refractivity contribution is -0.305. The van der Waals surface area contributed by atoms with Crippen LogP contribution in [0.5, 0.6) is 0 Å². The van der Waals surface area contributed by atoms with Crippen molar-refractivity contribution >= 4 is 42.7 Å². The van der Waals surface area contributed by atoms with Crippen molar-refractivity contribution in [2.45, 2.75) is 183 Å². The Kier molecular flexibility index (Phi) is 23.3. The average molecular weight is 1040 g/mol. The zero-order valence-corrected chi connectivity index (χ0v) is 43.8. The largest absolute Gasteiger partial charge is 0.451 e. The third-order valence-corrected chi connectivity index (χ3v) is 19.9. The molecule has 17 heteroatoms. The van der Waals surface area contributed by atoms with E-state index in [1.54, 1.807) is 52.3 Å². The molecule has 0 radical (unpaired) electrons. The van der Waals surface area contributed by atoms with Crippen LogP contribution in [0.15, 0.2) is 23.8 Å². The quantitative estimate of drug-likeness (QED) is 0.0924. The van der Waals surface area contributed by atoms with Crippen LogP contribution >= 0.6 is 22.6 Å². The molecule has 3 fully saturated rings. The fourth-order valence-electron chi connectivity index (χ4n) is 9.70. The van der Waals surface area contributed by atoms with Crippen LogP contribution < -0.4 is 0 Å². The highest BCUT2D eigenvalue weighted by atomic mass is 127. The van der Waals surface area contributed by atoms with Crippen LogP contribution in [0.4, 0.5) is 0 Å². The van der Waals surface area contributed by atoms with Gasteiger partial charge in [0.2, 0.25) is 0 Å². The fraction of sp³-hybridized carbons (Fsp3) is 0.872. The molecule has 8 unspecified atom stereocenters. The predicted octanol–water partition coefficient (Wildman–Crippen LogP) is 6.21. The zero-order valence-electron chi connectivity index (χ0n) is 40.7. The molecule has 2 bridgehead atoms. The monoisotopic (exact) mass is 1040 g/mol. The van der Waals surface area contributed by atoms with Gasteiger partial charge in [0.15, 0.2) is 30.8 Å². The van der Waals surface area contributed by atoms with E-state index < -0.39 is 97.5 Å². The van der Waals surface area contributed by atoms with Gasteiger partial charge >= 0.3 is 5.97 Å². The predicted molar refractivity (Wildman–Crippen MR) is 253 cm³/mol. The van der Waals surface area contributed by atoms with Gasteiger partial charge in [0, 0.05) is 51.8 Å². The van der Waals surface area contributed by atoms with E-state index in [9.17, 15) is 19.8 Å². The maximum atomic E-state index is 14.2. The number of likely N-dealkylation sites (N-methyl/N-ethyl adjacent to an activating group) is 1. The summed E-state index contributed by atoms with van der Waals surface area (Å²) >= 11 is 2.13. The summed E-state index contributed by atoms with van der Waals surface area (Å²) in [5, 5.41) is 22.6. The summed E-state index contributed by atoms with van der Waals surface area (Å²) in [7, 11) is 4.84. The van der Waals surface area contributed by atoms with Gasteiger partial charge in [0.1, 0.15) is 18.3 Å². The molecule has 17 atom stereocenters. The first-order valence-electron chi connectivity index (χ1n) is 23.7. The van der Waals surface area contributed by atoms with Crippen molar-refractivity contribution in [3.05, 3.63) is 23.8 Å². The highest BCUT2D eigenvalue weighted by molar-refractivity contribution is 14.1.